The summed E-state index contributed by atoms with van der Waals surface area (Å²) in [6.45, 7) is 0. The van der Waals surface area contributed by atoms with Crippen LogP contribution in [0.15, 0.2) is 24.3 Å². The van der Waals surface area contributed by atoms with E-state index in [1.807, 2.05) is 0 Å². The van der Waals surface area contributed by atoms with Crippen LogP contribution in [0, 0.1) is 0 Å². The average molecular weight is 385 g/mol. The molecule has 0 fully saturated rings. The first-order valence-electron chi connectivity index (χ1n) is 5.97. The molecule has 0 aliphatic carbocycles. The molecular weight excluding hydrogens is 378 g/mol. The smallest absolute Gasteiger partial charge is 0.434 e. The Morgan fingerprint density at radius 1 is 1.09 bits per heavy atom. The van der Waals surface area contributed by atoms with Crippen LogP contribution in [0.4, 0.5) is 13.2 Å². The molecule has 0 radical (unpaired) electrons. The molecule has 0 saturated heterocycles. The van der Waals surface area contributed by atoms with Gasteiger partial charge < -0.3 is 4.74 Å². The van der Waals surface area contributed by atoms with Crippen molar-refractivity contribution < 1.29 is 22.7 Å². The van der Waals surface area contributed by atoms with Crippen molar-refractivity contribution in [2.75, 3.05) is 7.11 Å². The molecule has 0 saturated carbocycles. The molecule has 1 heterocycles. The monoisotopic (exact) mass is 383 g/mol. The minimum absolute atomic E-state index is 0.00163. The molecule has 0 unspecified atom stereocenters. The van der Waals surface area contributed by atoms with Crippen LogP contribution in [-0.4, -0.2) is 18.1 Å². The van der Waals surface area contributed by atoms with Gasteiger partial charge in [-0.05, 0) is 24.3 Å². The van der Waals surface area contributed by atoms with E-state index in [9.17, 15) is 18.0 Å². The van der Waals surface area contributed by atoms with Crippen molar-refractivity contribution in [1.29, 1.82) is 0 Å². The Labute approximate surface area is 143 Å². The van der Waals surface area contributed by atoms with Crippen LogP contribution >= 0.6 is 34.8 Å². The minimum Gasteiger partial charge on any atom is -0.465 e. The van der Waals surface area contributed by atoms with Crippen LogP contribution in [0.3, 0.4) is 0 Å². The first-order valence-corrected chi connectivity index (χ1v) is 7.10. The molecule has 0 N–H and O–H groups in total. The number of hydrogen-bond acceptors (Lipinski definition) is 3. The molecule has 0 bridgehead atoms. The third kappa shape index (κ3) is 3.54. The Balaban J connectivity index is 2.67. The standard InChI is InChI=1S/C14H7Cl3F3NO2/c1-23-13(22)7-3-5-9(21-12(7)14(18,19)20)6-2-4-8(15)11(17)10(6)16/h2-5H,1H3. The van der Waals surface area contributed by atoms with Crippen LogP contribution in [-0.2, 0) is 10.9 Å². The fourth-order valence-corrected chi connectivity index (χ4v) is 2.46. The number of ether oxygens (including phenoxy) is 1. The van der Waals surface area contributed by atoms with Gasteiger partial charge in [-0.2, -0.15) is 13.2 Å². The molecule has 0 aliphatic rings. The number of carbonyl (C=O) groups is 1. The summed E-state index contributed by atoms with van der Waals surface area (Å²) in [5.41, 5.74) is -2.01. The maximum absolute atomic E-state index is 13.1. The highest BCUT2D eigenvalue weighted by atomic mass is 35.5. The first kappa shape index (κ1) is 17.8. The van der Waals surface area contributed by atoms with Crippen molar-refractivity contribution in [3.8, 4) is 11.3 Å². The zero-order chi connectivity index (χ0) is 17.4. The molecule has 0 spiro atoms. The van der Waals surface area contributed by atoms with Gasteiger partial charge in [-0.15, -0.1) is 0 Å². The fraction of sp³-hybridized carbons (Fsp3) is 0.143. The maximum atomic E-state index is 13.1. The summed E-state index contributed by atoms with van der Waals surface area (Å²) >= 11 is 17.7. The number of aromatic nitrogens is 1. The SMILES string of the molecule is COC(=O)c1ccc(-c2ccc(Cl)c(Cl)c2Cl)nc1C(F)(F)F. The van der Waals surface area contributed by atoms with Gasteiger partial charge in [0, 0.05) is 5.56 Å². The molecule has 2 aromatic rings. The van der Waals surface area contributed by atoms with Crippen molar-refractivity contribution in [2.45, 2.75) is 6.18 Å². The number of nitrogens with zero attached hydrogens (tertiary/aromatic N) is 1. The molecule has 9 heteroatoms. The fourth-order valence-electron chi connectivity index (χ4n) is 1.82. The summed E-state index contributed by atoms with van der Waals surface area (Å²) in [5.74, 6) is -1.14. The van der Waals surface area contributed by atoms with E-state index < -0.39 is 23.4 Å². The highest BCUT2D eigenvalue weighted by Gasteiger charge is 2.38. The van der Waals surface area contributed by atoms with Gasteiger partial charge in [0.2, 0.25) is 0 Å². The summed E-state index contributed by atoms with van der Waals surface area (Å²) in [7, 11) is 0.978. The van der Waals surface area contributed by atoms with Gasteiger partial charge in [-0.3, -0.25) is 0 Å². The Bertz CT molecular complexity index is 779. The molecule has 0 atom stereocenters. The van der Waals surface area contributed by atoms with E-state index in [0.717, 1.165) is 13.2 Å². The number of benzene rings is 1. The molecule has 3 nitrogen and oxygen atoms in total. The van der Waals surface area contributed by atoms with Gasteiger partial charge in [0.15, 0.2) is 5.69 Å². The van der Waals surface area contributed by atoms with Gasteiger partial charge in [-0.25, -0.2) is 9.78 Å². The summed E-state index contributed by atoms with van der Waals surface area (Å²) in [5, 5.41) is 0.117. The van der Waals surface area contributed by atoms with E-state index in [4.69, 9.17) is 34.8 Å². The normalized spacial score (nSPS) is 11.4. The van der Waals surface area contributed by atoms with Crippen molar-refractivity contribution >= 4 is 40.8 Å². The lowest BCUT2D eigenvalue weighted by atomic mass is 10.1. The second kappa shape index (κ2) is 6.55. The minimum atomic E-state index is -4.85. The number of rotatable bonds is 2. The highest BCUT2D eigenvalue weighted by molar-refractivity contribution is 6.49. The molecule has 2 rings (SSSR count). The zero-order valence-corrected chi connectivity index (χ0v) is 13.6. The van der Waals surface area contributed by atoms with E-state index in [0.29, 0.717) is 0 Å². The van der Waals surface area contributed by atoms with Crippen molar-refractivity contribution in [3.05, 3.63) is 50.6 Å². The summed E-state index contributed by atoms with van der Waals surface area (Å²) < 4.78 is 43.7. The second-order valence-electron chi connectivity index (χ2n) is 4.30. The topological polar surface area (TPSA) is 39.2 Å². The molecule has 1 aromatic heterocycles. The number of hydrogen-bond donors (Lipinski definition) is 0. The number of methoxy groups -OCH3 is 1. The summed E-state index contributed by atoms with van der Waals surface area (Å²) in [6.07, 6.45) is -4.85. The van der Waals surface area contributed by atoms with Crippen LogP contribution in [0.2, 0.25) is 15.1 Å². The Morgan fingerprint density at radius 2 is 1.74 bits per heavy atom. The maximum Gasteiger partial charge on any atom is 0.434 e. The Morgan fingerprint density at radius 3 is 2.30 bits per heavy atom. The number of esters is 1. The van der Waals surface area contributed by atoms with E-state index in [1.165, 1.54) is 18.2 Å². The Kier molecular flexibility index (Phi) is 5.08. The van der Waals surface area contributed by atoms with E-state index in [1.54, 1.807) is 0 Å². The first-order chi connectivity index (χ1) is 10.7. The number of pyridine rings is 1. The third-order valence-electron chi connectivity index (χ3n) is 2.88. The van der Waals surface area contributed by atoms with Gasteiger partial charge in [-0.1, -0.05) is 34.8 Å². The van der Waals surface area contributed by atoms with Crippen molar-refractivity contribution in [2.24, 2.45) is 0 Å². The number of alkyl halides is 3. The lowest BCUT2D eigenvalue weighted by molar-refractivity contribution is -0.141. The van der Waals surface area contributed by atoms with Crippen LogP contribution in [0.5, 0.6) is 0 Å². The predicted octanol–water partition coefficient (Wildman–Crippen LogP) is 5.51. The molecule has 0 aliphatic heterocycles. The van der Waals surface area contributed by atoms with Crippen molar-refractivity contribution in [1.82, 2.24) is 4.98 Å². The molecule has 23 heavy (non-hydrogen) atoms. The molecule has 1 aromatic carbocycles. The largest absolute Gasteiger partial charge is 0.465 e. The number of carbonyl (C=O) groups excluding carboxylic acids is 1. The lowest BCUT2D eigenvalue weighted by Crippen LogP contribution is -2.16. The lowest BCUT2D eigenvalue weighted by Gasteiger charge is -2.13. The average Bonchev–Trinajstić information content (AvgIpc) is 2.50. The van der Waals surface area contributed by atoms with Gasteiger partial charge >= 0.3 is 12.1 Å². The number of halogens is 6. The van der Waals surface area contributed by atoms with E-state index in [-0.39, 0.29) is 26.3 Å². The van der Waals surface area contributed by atoms with Crippen LogP contribution in [0.1, 0.15) is 16.1 Å². The van der Waals surface area contributed by atoms with E-state index in [2.05, 4.69) is 9.72 Å². The van der Waals surface area contributed by atoms with Crippen LogP contribution < -0.4 is 0 Å². The summed E-state index contributed by atoms with van der Waals surface area (Å²) in [4.78, 5) is 15.0. The predicted molar refractivity (Wildman–Crippen MR) is 81.0 cm³/mol. The quantitative estimate of drug-likeness (QED) is 0.506. The van der Waals surface area contributed by atoms with E-state index >= 15 is 0 Å². The third-order valence-corrected chi connectivity index (χ3v) is 4.17. The molecule has 0 amide bonds. The zero-order valence-electron chi connectivity index (χ0n) is 11.3. The highest BCUT2D eigenvalue weighted by Crippen LogP contribution is 2.39. The van der Waals surface area contributed by atoms with Crippen molar-refractivity contribution in [3.63, 3.8) is 0 Å². The van der Waals surface area contributed by atoms with Gasteiger partial charge in [0.05, 0.1) is 33.4 Å². The molecular formula is C14H7Cl3F3NO2. The summed E-state index contributed by atoms with van der Waals surface area (Å²) in [6, 6.07) is 4.95. The molecule has 122 valence electrons. The van der Waals surface area contributed by atoms with Gasteiger partial charge in [0.1, 0.15) is 0 Å². The second-order valence-corrected chi connectivity index (χ2v) is 5.47. The Hall–Kier alpha value is -1.50. The van der Waals surface area contributed by atoms with Crippen LogP contribution in [0.25, 0.3) is 11.3 Å². The van der Waals surface area contributed by atoms with Gasteiger partial charge in [0.25, 0.3) is 0 Å².